The number of nitrogens with zero attached hydrogens (tertiary/aromatic N) is 1. The molecule has 1 aromatic rings. The van der Waals surface area contributed by atoms with Gasteiger partial charge < -0.3 is 0 Å². The van der Waals surface area contributed by atoms with Crippen LogP contribution in [0.1, 0.15) is 49.4 Å². The molecule has 0 bridgehead atoms. The van der Waals surface area contributed by atoms with Crippen molar-refractivity contribution in [3.63, 3.8) is 0 Å². The van der Waals surface area contributed by atoms with Gasteiger partial charge in [0, 0.05) is 29.6 Å². The largest absolute Gasteiger partial charge is 0.300 e. The number of carbonyl (C=O) groups excluding carboxylic acids is 1. The molecule has 0 N–H and O–H groups in total. The minimum absolute atomic E-state index is 0.199. The van der Waals surface area contributed by atoms with Gasteiger partial charge in [-0.3, -0.25) is 9.69 Å². The number of Topliss-reactive ketones (excluding diaryl/α,β-unsaturated/α-hetero) is 1. The van der Waals surface area contributed by atoms with E-state index in [1.54, 1.807) is 12.1 Å². The molecule has 1 fully saturated rings. The molecule has 104 valence electrons. The van der Waals surface area contributed by atoms with Gasteiger partial charge in [0.05, 0.1) is 0 Å². The third-order valence-electron chi connectivity index (χ3n) is 3.63. The Balaban J connectivity index is 1.84. The van der Waals surface area contributed by atoms with E-state index in [4.69, 9.17) is 11.6 Å². The molecule has 0 unspecified atom stereocenters. The van der Waals surface area contributed by atoms with E-state index in [0.717, 1.165) is 24.7 Å². The van der Waals surface area contributed by atoms with Crippen molar-refractivity contribution in [3.05, 3.63) is 34.9 Å². The summed E-state index contributed by atoms with van der Waals surface area (Å²) in [5.41, 5.74) is 0.735. The number of ketones is 1. The van der Waals surface area contributed by atoms with Gasteiger partial charge in [-0.05, 0) is 37.9 Å². The summed E-state index contributed by atoms with van der Waals surface area (Å²) in [6.45, 7) is 4.22. The molecule has 2 rings (SSSR count). The molecule has 0 amide bonds. The van der Waals surface area contributed by atoms with E-state index in [0.29, 0.717) is 11.4 Å². The second-order valence-corrected chi connectivity index (χ2v) is 5.74. The first kappa shape index (κ1) is 14.5. The summed E-state index contributed by atoms with van der Waals surface area (Å²) in [6.07, 6.45) is 5.64. The van der Waals surface area contributed by atoms with Crippen molar-refractivity contribution in [2.75, 3.05) is 13.1 Å². The number of hydrogen-bond acceptors (Lipinski definition) is 2. The van der Waals surface area contributed by atoms with Gasteiger partial charge in [-0.25, -0.2) is 0 Å². The number of benzene rings is 1. The number of hydrogen-bond donors (Lipinski definition) is 0. The second kappa shape index (κ2) is 7.06. The molecule has 1 aliphatic carbocycles. The molecule has 3 heteroatoms. The quantitative estimate of drug-likeness (QED) is 0.666. The summed E-state index contributed by atoms with van der Waals surface area (Å²) >= 11 is 5.92. The van der Waals surface area contributed by atoms with E-state index in [9.17, 15) is 4.79 Å². The lowest BCUT2D eigenvalue weighted by Crippen LogP contribution is -2.29. The topological polar surface area (TPSA) is 20.3 Å². The zero-order valence-electron chi connectivity index (χ0n) is 11.6. The Hall–Kier alpha value is -0.860. The molecular weight excluding hydrogens is 258 g/mol. The van der Waals surface area contributed by atoms with Gasteiger partial charge in [0.25, 0.3) is 0 Å². The molecule has 19 heavy (non-hydrogen) atoms. The summed E-state index contributed by atoms with van der Waals surface area (Å²) in [5.74, 6) is 0.199. The van der Waals surface area contributed by atoms with E-state index in [2.05, 4.69) is 11.8 Å². The smallest absolute Gasteiger partial charge is 0.164 e. The van der Waals surface area contributed by atoms with Crippen molar-refractivity contribution >= 4 is 17.4 Å². The van der Waals surface area contributed by atoms with E-state index < -0.39 is 0 Å². The zero-order chi connectivity index (χ0) is 13.7. The Labute approximate surface area is 120 Å². The van der Waals surface area contributed by atoms with Crippen LogP contribution in [-0.4, -0.2) is 29.8 Å². The summed E-state index contributed by atoms with van der Waals surface area (Å²) < 4.78 is 0. The van der Waals surface area contributed by atoms with Crippen LogP contribution in [-0.2, 0) is 0 Å². The van der Waals surface area contributed by atoms with Crippen LogP contribution in [0.3, 0.4) is 0 Å². The van der Waals surface area contributed by atoms with E-state index in [1.807, 2.05) is 12.1 Å². The third kappa shape index (κ3) is 4.63. The maximum Gasteiger partial charge on any atom is 0.164 e. The predicted molar refractivity (Wildman–Crippen MR) is 79.9 cm³/mol. The molecule has 0 radical (unpaired) electrons. The molecule has 1 aromatic carbocycles. The van der Waals surface area contributed by atoms with Crippen LogP contribution in [0.15, 0.2) is 24.3 Å². The highest BCUT2D eigenvalue weighted by atomic mass is 35.5. The molecule has 1 aliphatic rings. The lowest BCUT2D eigenvalue weighted by Gasteiger charge is -2.21. The minimum Gasteiger partial charge on any atom is -0.300 e. The summed E-state index contributed by atoms with van der Waals surface area (Å²) in [5, 5.41) is 0.635. The fraction of sp³-hybridized carbons (Fsp3) is 0.562. The highest BCUT2D eigenvalue weighted by molar-refractivity contribution is 6.31. The van der Waals surface area contributed by atoms with Crippen molar-refractivity contribution in [1.82, 2.24) is 4.90 Å². The van der Waals surface area contributed by atoms with Gasteiger partial charge >= 0.3 is 0 Å². The van der Waals surface area contributed by atoms with Gasteiger partial charge in [0.2, 0.25) is 0 Å². The molecule has 2 nitrogen and oxygen atoms in total. The first-order chi connectivity index (χ1) is 9.20. The first-order valence-electron chi connectivity index (χ1n) is 7.23. The van der Waals surface area contributed by atoms with Gasteiger partial charge in [-0.1, -0.05) is 37.1 Å². The van der Waals surface area contributed by atoms with E-state index >= 15 is 0 Å². The maximum atomic E-state index is 12.1. The van der Waals surface area contributed by atoms with Crippen LogP contribution in [0, 0.1) is 0 Å². The van der Waals surface area contributed by atoms with Crippen LogP contribution in [0.5, 0.6) is 0 Å². The van der Waals surface area contributed by atoms with Gasteiger partial charge in [-0.2, -0.15) is 0 Å². The molecule has 0 saturated heterocycles. The summed E-state index contributed by atoms with van der Waals surface area (Å²) in [7, 11) is 0. The Morgan fingerprint density at radius 3 is 2.79 bits per heavy atom. The Kier molecular flexibility index (Phi) is 5.41. The van der Waals surface area contributed by atoms with Crippen LogP contribution >= 0.6 is 11.6 Å². The number of unbranched alkanes of at least 4 members (excludes halogenated alkanes) is 1. The first-order valence-corrected chi connectivity index (χ1v) is 7.61. The Morgan fingerprint density at radius 2 is 2.16 bits per heavy atom. The molecule has 0 aliphatic heterocycles. The SMILES string of the molecule is CCCCN(CCC(=O)c1cccc(Cl)c1)C1CC1. The van der Waals surface area contributed by atoms with Gasteiger partial charge in [0.15, 0.2) is 5.78 Å². The van der Waals surface area contributed by atoms with Crippen molar-refractivity contribution < 1.29 is 4.79 Å². The Bertz CT molecular complexity index is 429. The molecule has 0 atom stereocenters. The average molecular weight is 280 g/mol. The van der Waals surface area contributed by atoms with Crippen LogP contribution in [0.4, 0.5) is 0 Å². The second-order valence-electron chi connectivity index (χ2n) is 5.30. The summed E-state index contributed by atoms with van der Waals surface area (Å²) in [4.78, 5) is 14.6. The normalized spacial score (nSPS) is 14.9. The minimum atomic E-state index is 0.199. The van der Waals surface area contributed by atoms with Crippen molar-refractivity contribution in [2.24, 2.45) is 0 Å². The Morgan fingerprint density at radius 1 is 1.37 bits per heavy atom. The zero-order valence-corrected chi connectivity index (χ0v) is 12.3. The molecular formula is C16H22ClNO. The predicted octanol–water partition coefficient (Wildman–Crippen LogP) is 4.18. The highest BCUT2D eigenvalue weighted by Crippen LogP contribution is 2.27. The van der Waals surface area contributed by atoms with Crippen molar-refractivity contribution in [3.8, 4) is 0 Å². The fourth-order valence-corrected chi connectivity index (χ4v) is 2.52. The monoisotopic (exact) mass is 279 g/mol. The van der Waals surface area contributed by atoms with Crippen LogP contribution in [0.2, 0.25) is 5.02 Å². The van der Waals surface area contributed by atoms with E-state index in [-0.39, 0.29) is 5.78 Å². The number of carbonyl (C=O) groups is 1. The fourth-order valence-electron chi connectivity index (χ4n) is 2.33. The van der Waals surface area contributed by atoms with Gasteiger partial charge in [0.1, 0.15) is 0 Å². The van der Waals surface area contributed by atoms with Gasteiger partial charge in [-0.15, -0.1) is 0 Å². The molecule has 0 heterocycles. The van der Waals surface area contributed by atoms with Crippen molar-refractivity contribution in [1.29, 1.82) is 0 Å². The lowest BCUT2D eigenvalue weighted by molar-refractivity contribution is 0.0962. The van der Waals surface area contributed by atoms with Crippen LogP contribution in [0.25, 0.3) is 0 Å². The number of rotatable bonds is 8. The lowest BCUT2D eigenvalue weighted by atomic mass is 10.1. The maximum absolute atomic E-state index is 12.1. The average Bonchev–Trinajstić information content (AvgIpc) is 3.23. The standard InChI is InChI=1S/C16H22ClNO/c1-2-3-10-18(15-7-8-15)11-9-16(19)13-5-4-6-14(17)12-13/h4-6,12,15H,2-3,7-11H2,1H3. The van der Waals surface area contributed by atoms with Crippen molar-refractivity contribution in [2.45, 2.75) is 45.1 Å². The van der Waals surface area contributed by atoms with E-state index in [1.165, 1.54) is 25.7 Å². The third-order valence-corrected chi connectivity index (χ3v) is 3.87. The highest BCUT2D eigenvalue weighted by Gasteiger charge is 2.28. The molecule has 1 saturated carbocycles. The molecule has 0 spiro atoms. The molecule has 0 aromatic heterocycles. The summed E-state index contributed by atoms with van der Waals surface area (Å²) in [6, 6.07) is 7.99. The van der Waals surface area contributed by atoms with Crippen LogP contribution < -0.4 is 0 Å². The number of halogens is 1.